The molecule has 0 aromatic carbocycles. The van der Waals surface area contributed by atoms with Crippen LogP contribution in [0.4, 0.5) is 0 Å². The number of fused-ring (bicyclic) bond motifs is 1. The molecule has 0 N–H and O–H groups in total. The van der Waals surface area contributed by atoms with Crippen LogP contribution < -0.4 is 0 Å². The summed E-state index contributed by atoms with van der Waals surface area (Å²) < 4.78 is 2.22. The maximum atomic E-state index is 11.8. The molecular weight excluding hydrogens is 224 g/mol. The maximum Gasteiger partial charge on any atom is 0.164 e. The summed E-state index contributed by atoms with van der Waals surface area (Å²) in [5.41, 5.74) is 2.25. The highest BCUT2D eigenvalue weighted by Crippen LogP contribution is 2.22. The van der Waals surface area contributed by atoms with E-state index in [1.54, 1.807) is 0 Å². The van der Waals surface area contributed by atoms with E-state index < -0.39 is 0 Å². The van der Waals surface area contributed by atoms with Gasteiger partial charge in [0.15, 0.2) is 5.78 Å². The van der Waals surface area contributed by atoms with Gasteiger partial charge in [-0.05, 0) is 44.3 Å². The number of piperidine rings is 1. The summed E-state index contributed by atoms with van der Waals surface area (Å²) in [6.45, 7) is 4.65. The molecule has 2 heterocycles. The van der Waals surface area contributed by atoms with Gasteiger partial charge in [0.2, 0.25) is 0 Å². The standard InChI is InChI=1S/C15H22N2O/c18-15-6-4-5-13-11-17(12-14(13)15)10-9-16-7-2-1-3-8-16/h11-12H,1-10H2. The van der Waals surface area contributed by atoms with E-state index in [4.69, 9.17) is 0 Å². The Morgan fingerprint density at radius 1 is 0.944 bits per heavy atom. The second-order valence-electron chi connectivity index (χ2n) is 5.61. The highest BCUT2D eigenvalue weighted by atomic mass is 16.1. The van der Waals surface area contributed by atoms with Crippen molar-refractivity contribution in [2.24, 2.45) is 0 Å². The lowest BCUT2D eigenvalue weighted by molar-refractivity contribution is 0.0973. The molecule has 0 atom stereocenters. The number of hydrogen-bond acceptors (Lipinski definition) is 2. The van der Waals surface area contributed by atoms with Crippen LogP contribution in [0.2, 0.25) is 0 Å². The normalized spacial score (nSPS) is 21.0. The number of aryl methyl sites for hydroxylation is 1. The maximum absolute atomic E-state index is 11.8. The highest BCUT2D eigenvalue weighted by molar-refractivity contribution is 5.98. The van der Waals surface area contributed by atoms with Gasteiger partial charge in [0.25, 0.3) is 0 Å². The molecule has 1 fully saturated rings. The Hall–Kier alpha value is -1.09. The Morgan fingerprint density at radius 2 is 1.78 bits per heavy atom. The van der Waals surface area contributed by atoms with Gasteiger partial charge in [0.05, 0.1) is 0 Å². The summed E-state index contributed by atoms with van der Waals surface area (Å²) in [5.74, 6) is 0.341. The first-order chi connectivity index (χ1) is 8.83. The average Bonchev–Trinajstić information content (AvgIpc) is 2.82. The Kier molecular flexibility index (Phi) is 3.50. The van der Waals surface area contributed by atoms with Crippen LogP contribution in [0, 0.1) is 0 Å². The van der Waals surface area contributed by atoms with Gasteiger partial charge in [-0.25, -0.2) is 0 Å². The van der Waals surface area contributed by atoms with Crippen molar-refractivity contribution in [3.63, 3.8) is 0 Å². The molecule has 98 valence electrons. The molecule has 0 radical (unpaired) electrons. The number of likely N-dealkylation sites (tertiary alicyclic amines) is 1. The molecule has 1 aliphatic carbocycles. The van der Waals surface area contributed by atoms with Crippen molar-refractivity contribution in [2.45, 2.75) is 45.1 Å². The van der Waals surface area contributed by atoms with E-state index in [0.717, 1.165) is 37.9 Å². The highest BCUT2D eigenvalue weighted by Gasteiger charge is 2.19. The fourth-order valence-electron chi connectivity index (χ4n) is 3.15. The van der Waals surface area contributed by atoms with Crippen molar-refractivity contribution in [1.82, 2.24) is 9.47 Å². The van der Waals surface area contributed by atoms with Crippen LogP contribution in [0.5, 0.6) is 0 Å². The van der Waals surface area contributed by atoms with Crippen molar-refractivity contribution in [3.8, 4) is 0 Å². The summed E-state index contributed by atoms with van der Waals surface area (Å²) >= 11 is 0. The Morgan fingerprint density at radius 3 is 2.56 bits per heavy atom. The summed E-state index contributed by atoms with van der Waals surface area (Å²) in [6, 6.07) is 0. The number of Topliss-reactive ketones (excluding diaryl/α,β-unsaturated/α-hetero) is 1. The number of hydrogen-bond donors (Lipinski definition) is 0. The summed E-state index contributed by atoms with van der Waals surface area (Å²) in [6.07, 6.45) is 11.2. The van der Waals surface area contributed by atoms with Gasteiger partial charge in [-0.3, -0.25) is 4.79 Å². The molecule has 0 unspecified atom stereocenters. The fraction of sp³-hybridized carbons (Fsp3) is 0.667. The van der Waals surface area contributed by atoms with Crippen LogP contribution >= 0.6 is 0 Å². The third kappa shape index (κ3) is 2.51. The summed E-state index contributed by atoms with van der Waals surface area (Å²) in [7, 11) is 0. The van der Waals surface area contributed by atoms with Crippen molar-refractivity contribution in [2.75, 3.05) is 19.6 Å². The van der Waals surface area contributed by atoms with E-state index in [9.17, 15) is 4.79 Å². The molecule has 3 nitrogen and oxygen atoms in total. The van der Waals surface area contributed by atoms with Gasteiger partial charge in [-0.15, -0.1) is 0 Å². The first-order valence-corrected chi connectivity index (χ1v) is 7.27. The van der Waals surface area contributed by atoms with E-state index in [1.165, 1.54) is 37.9 Å². The minimum absolute atomic E-state index is 0.341. The number of nitrogens with zero attached hydrogens (tertiary/aromatic N) is 2. The van der Waals surface area contributed by atoms with Crippen LogP contribution in [0.25, 0.3) is 0 Å². The molecule has 0 spiro atoms. The average molecular weight is 246 g/mol. The van der Waals surface area contributed by atoms with Crippen LogP contribution in [0.15, 0.2) is 12.4 Å². The van der Waals surface area contributed by atoms with Crippen LogP contribution in [0.1, 0.15) is 48.0 Å². The van der Waals surface area contributed by atoms with E-state index in [1.807, 2.05) is 0 Å². The first kappa shape index (κ1) is 12.0. The molecule has 0 amide bonds. The second kappa shape index (κ2) is 5.27. The number of carbonyl (C=O) groups excluding carboxylic acids is 1. The van der Waals surface area contributed by atoms with Crippen LogP contribution in [-0.2, 0) is 13.0 Å². The lowest BCUT2D eigenvalue weighted by Crippen LogP contribution is -2.32. The van der Waals surface area contributed by atoms with Crippen molar-refractivity contribution < 1.29 is 4.79 Å². The van der Waals surface area contributed by atoms with E-state index in [0.29, 0.717) is 5.78 Å². The van der Waals surface area contributed by atoms with Gasteiger partial charge in [0.1, 0.15) is 0 Å². The molecule has 3 heteroatoms. The van der Waals surface area contributed by atoms with Crippen molar-refractivity contribution in [3.05, 3.63) is 23.5 Å². The van der Waals surface area contributed by atoms with E-state index in [-0.39, 0.29) is 0 Å². The summed E-state index contributed by atoms with van der Waals surface area (Å²) in [4.78, 5) is 14.3. The zero-order chi connectivity index (χ0) is 12.4. The van der Waals surface area contributed by atoms with Crippen molar-refractivity contribution >= 4 is 5.78 Å². The molecule has 1 aromatic heterocycles. The van der Waals surface area contributed by atoms with E-state index in [2.05, 4.69) is 21.9 Å². The van der Waals surface area contributed by atoms with Gasteiger partial charge >= 0.3 is 0 Å². The molecule has 0 bridgehead atoms. The minimum Gasteiger partial charge on any atom is -0.352 e. The van der Waals surface area contributed by atoms with E-state index >= 15 is 0 Å². The molecule has 2 aliphatic rings. The third-order valence-electron chi connectivity index (χ3n) is 4.24. The quantitative estimate of drug-likeness (QED) is 0.818. The SMILES string of the molecule is O=C1CCCc2cn(CCN3CCCCC3)cc21. The van der Waals surface area contributed by atoms with Crippen LogP contribution in [0.3, 0.4) is 0 Å². The third-order valence-corrected chi connectivity index (χ3v) is 4.24. The largest absolute Gasteiger partial charge is 0.352 e. The molecule has 1 saturated heterocycles. The lowest BCUT2D eigenvalue weighted by atomic mass is 9.95. The number of aromatic nitrogens is 1. The molecule has 1 aromatic rings. The topological polar surface area (TPSA) is 25.2 Å². The summed E-state index contributed by atoms with van der Waals surface area (Å²) in [5, 5.41) is 0. The van der Waals surface area contributed by atoms with Crippen LogP contribution in [-0.4, -0.2) is 34.9 Å². The zero-order valence-corrected chi connectivity index (χ0v) is 11.0. The fourth-order valence-corrected chi connectivity index (χ4v) is 3.15. The minimum atomic E-state index is 0.341. The number of ketones is 1. The van der Waals surface area contributed by atoms with Gasteiger partial charge in [-0.2, -0.15) is 0 Å². The number of carbonyl (C=O) groups is 1. The lowest BCUT2D eigenvalue weighted by Gasteiger charge is -2.26. The Bertz CT molecular complexity index is 430. The molecule has 3 rings (SSSR count). The predicted molar refractivity (Wildman–Crippen MR) is 72.0 cm³/mol. The zero-order valence-electron chi connectivity index (χ0n) is 11.0. The molecular formula is C15H22N2O. The monoisotopic (exact) mass is 246 g/mol. The smallest absolute Gasteiger partial charge is 0.164 e. The van der Waals surface area contributed by atoms with Gasteiger partial charge in [-0.1, -0.05) is 6.42 Å². The first-order valence-electron chi connectivity index (χ1n) is 7.27. The Balaban J connectivity index is 1.61. The number of rotatable bonds is 3. The predicted octanol–water partition coefficient (Wildman–Crippen LogP) is 2.49. The molecule has 0 saturated carbocycles. The van der Waals surface area contributed by atoms with Crippen molar-refractivity contribution in [1.29, 1.82) is 0 Å². The molecule has 18 heavy (non-hydrogen) atoms. The van der Waals surface area contributed by atoms with Gasteiger partial charge in [0, 0.05) is 37.5 Å². The Labute approximate surface area is 109 Å². The second-order valence-corrected chi connectivity index (χ2v) is 5.61. The van der Waals surface area contributed by atoms with Gasteiger partial charge < -0.3 is 9.47 Å². The molecule has 1 aliphatic heterocycles.